The third kappa shape index (κ3) is 3.64. The lowest BCUT2D eigenvalue weighted by Crippen LogP contribution is -2.45. The summed E-state index contributed by atoms with van der Waals surface area (Å²) >= 11 is 0. The summed E-state index contributed by atoms with van der Waals surface area (Å²) in [4.78, 5) is 2.32. The molecule has 0 aliphatic carbocycles. The molecule has 1 atom stereocenters. The third-order valence-corrected chi connectivity index (χ3v) is 3.47. The predicted octanol–water partition coefficient (Wildman–Crippen LogP) is 2.64. The Balaban J connectivity index is 2.21. The zero-order valence-electron chi connectivity index (χ0n) is 11.1. The molecule has 1 fully saturated rings. The number of benzene rings is 1. The van der Waals surface area contributed by atoms with Crippen LogP contribution in [-0.2, 0) is 0 Å². The number of hydrogen-bond donors (Lipinski definition) is 1. The van der Waals surface area contributed by atoms with Crippen LogP contribution in [-0.4, -0.2) is 37.7 Å². The summed E-state index contributed by atoms with van der Waals surface area (Å²) in [5.41, 5.74) is 0.854. The van der Waals surface area contributed by atoms with Gasteiger partial charge < -0.3 is 10.1 Å². The molecule has 0 bridgehead atoms. The Morgan fingerprint density at radius 2 is 1.95 bits per heavy atom. The van der Waals surface area contributed by atoms with Gasteiger partial charge in [0.05, 0.1) is 0 Å². The van der Waals surface area contributed by atoms with Crippen molar-refractivity contribution in [3.63, 3.8) is 0 Å². The SMILES string of the molecule is CC[C@H](c1ccccc1OC(F)F)N1CCNCC1. The first-order chi connectivity index (χ1) is 9.22. The van der Waals surface area contributed by atoms with Crippen LogP contribution >= 0.6 is 0 Å². The van der Waals surface area contributed by atoms with Crippen LogP contribution < -0.4 is 10.1 Å². The van der Waals surface area contributed by atoms with E-state index in [2.05, 4.69) is 21.9 Å². The minimum atomic E-state index is -2.78. The van der Waals surface area contributed by atoms with Gasteiger partial charge in [-0.2, -0.15) is 8.78 Å². The maximum atomic E-state index is 12.5. The molecular weight excluding hydrogens is 250 g/mol. The lowest BCUT2D eigenvalue weighted by Gasteiger charge is -2.35. The number of hydrogen-bond acceptors (Lipinski definition) is 3. The molecule has 0 saturated carbocycles. The molecule has 0 amide bonds. The van der Waals surface area contributed by atoms with Gasteiger partial charge in [-0.1, -0.05) is 25.1 Å². The molecule has 1 N–H and O–H groups in total. The first-order valence-corrected chi connectivity index (χ1v) is 6.71. The molecule has 19 heavy (non-hydrogen) atoms. The van der Waals surface area contributed by atoms with E-state index in [1.807, 2.05) is 12.1 Å². The van der Waals surface area contributed by atoms with Gasteiger partial charge in [-0.25, -0.2) is 0 Å². The molecule has 1 aromatic carbocycles. The van der Waals surface area contributed by atoms with Crippen molar-refractivity contribution in [1.29, 1.82) is 0 Å². The Hall–Kier alpha value is -1.20. The number of rotatable bonds is 5. The van der Waals surface area contributed by atoms with Crippen molar-refractivity contribution in [2.24, 2.45) is 0 Å². The van der Waals surface area contributed by atoms with Crippen molar-refractivity contribution in [2.45, 2.75) is 26.0 Å². The van der Waals surface area contributed by atoms with Crippen LogP contribution in [0.1, 0.15) is 24.9 Å². The molecular formula is C14H20F2N2O. The van der Waals surface area contributed by atoms with Crippen LogP contribution in [0.2, 0.25) is 0 Å². The molecule has 1 saturated heterocycles. The van der Waals surface area contributed by atoms with Gasteiger partial charge in [-0.05, 0) is 12.5 Å². The van der Waals surface area contributed by atoms with E-state index in [4.69, 9.17) is 0 Å². The molecule has 106 valence electrons. The van der Waals surface area contributed by atoms with Crippen molar-refractivity contribution in [1.82, 2.24) is 10.2 Å². The second-order valence-corrected chi connectivity index (χ2v) is 4.63. The number of para-hydroxylation sites is 1. The van der Waals surface area contributed by atoms with Crippen LogP contribution in [0.3, 0.4) is 0 Å². The summed E-state index contributed by atoms with van der Waals surface area (Å²) < 4.78 is 29.6. The smallest absolute Gasteiger partial charge is 0.387 e. The largest absolute Gasteiger partial charge is 0.434 e. The average molecular weight is 270 g/mol. The van der Waals surface area contributed by atoms with Gasteiger partial charge in [0.1, 0.15) is 5.75 Å². The molecule has 1 aliphatic heterocycles. The van der Waals surface area contributed by atoms with Crippen molar-refractivity contribution in [2.75, 3.05) is 26.2 Å². The standard InChI is InChI=1S/C14H20F2N2O/c1-2-12(18-9-7-17-8-10-18)11-5-3-4-6-13(11)19-14(15)16/h3-6,12,14,17H,2,7-10H2,1H3/t12-/m1/s1. The molecule has 5 heteroatoms. The highest BCUT2D eigenvalue weighted by atomic mass is 19.3. The molecule has 0 spiro atoms. The summed E-state index contributed by atoms with van der Waals surface area (Å²) in [5, 5.41) is 3.30. The van der Waals surface area contributed by atoms with Gasteiger partial charge in [0.2, 0.25) is 0 Å². The van der Waals surface area contributed by atoms with Gasteiger partial charge in [0, 0.05) is 37.8 Å². The van der Waals surface area contributed by atoms with E-state index in [0.717, 1.165) is 38.2 Å². The highest BCUT2D eigenvalue weighted by Gasteiger charge is 2.23. The van der Waals surface area contributed by atoms with E-state index in [9.17, 15) is 8.78 Å². The van der Waals surface area contributed by atoms with Crippen molar-refractivity contribution >= 4 is 0 Å². The molecule has 1 heterocycles. The lowest BCUT2D eigenvalue weighted by molar-refractivity contribution is -0.0512. The Morgan fingerprint density at radius 1 is 1.26 bits per heavy atom. The fraction of sp³-hybridized carbons (Fsp3) is 0.571. The van der Waals surface area contributed by atoms with Crippen LogP contribution in [0, 0.1) is 0 Å². The molecule has 0 unspecified atom stereocenters. The van der Waals surface area contributed by atoms with Gasteiger partial charge >= 0.3 is 6.61 Å². The fourth-order valence-corrected chi connectivity index (χ4v) is 2.63. The van der Waals surface area contributed by atoms with E-state index in [-0.39, 0.29) is 6.04 Å². The maximum Gasteiger partial charge on any atom is 0.387 e. The van der Waals surface area contributed by atoms with E-state index < -0.39 is 6.61 Å². The van der Waals surface area contributed by atoms with Crippen LogP contribution in [0.15, 0.2) is 24.3 Å². The van der Waals surface area contributed by atoms with Crippen molar-refractivity contribution < 1.29 is 13.5 Å². The normalized spacial score (nSPS) is 18.5. The van der Waals surface area contributed by atoms with Crippen LogP contribution in [0.4, 0.5) is 8.78 Å². The van der Waals surface area contributed by atoms with E-state index in [1.54, 1.807) is 12.1 Å². The number of nitrogens with zero attached hydrogens (tertiary/aromatic N) is 1. The van der Waals surface area contributed by atoms with E-state index in [0.29, 0.717) is 5.75 Å². The van der Waals surface area contributed by atoms with Gasteiger partial charge in [-0.3, -0.25) is 4.90 Å². The first-order valence-electron chi connectivity index (χ1n) is 6.71. The predicted molar refractivity (Wildman–Crippen MR) is 70.5 cm³/mol. The van der Waals surface area contributed by atoms with Gasteiger partial charge in [-0.15, -0.1) is 0 Å². The minimum Gasteiger partial charge on any atom is -0.434 e. The van der Waals surface area contributed by atoms with E-state index in [1.165, 1.54) is 0 Å². The minimum absolute atomic E-state index is 0.136. The fourth-order valence-electron chi connectivity index (χ4n) is 2.63. The summed E-state index contributed by atoms with van der Waals surface area (Å²) in [6.07, 6.45) is 0.879. The monoisotopic (exact) mass is 270 g/mol. The summed E-state index contributed by atoms with van der Waals surface area (Å²) in [6.45, 7) is 3.04. The number of alkyl halides is 2. The van der Waals surface area contributed by atoms with Crippen LogP contribution in [0.25, 0.3) is 0 Å². The van der Waals surface area contributed by atoms with Crippen molar-refractivity contribution in [3.05, 3.63) is 29.8 Å². The van der Waals surface area contributed by atoms with E-state index >= 15 is 0 Å². The Morgan fingerprint density at radius 3 is 2.58 bits per heavy atom. The van der Waals surface area contributed by atoms with Gasteiger partial charge in [0.25, 0.3) is 0 Å². The lowest BCUT2D eigenvalue weighted by atomic mass is 10.0. The average Bonchev–Trinajstić information content (AvgIpc) is 2.42. The maximum absolute atomic E-state index is 12.5. The Bertz CT molecular complexity index is 395. The summed E-state index contributed by atoms with van der Waals surface area (Å²) in [6, 6.07) is 7.24. The number of nitrogens with one attached hydrogen (secondary N) is 1. The Kier molecular flexibility index (Phi) is 5.10. The van der Waals surface area contributed by atoms with Crippen LogP contribution in [0.5, 0.6) is 5.75 Å². The summed E-state index contributed by atoms with van der Waals surface area (Å²) in [7, 11) is 0. The zero-order chi connectivity index (χ0) is 13.7. The topological polar surface area (TPSA) is 24.5 Å². The highest BCUT2D eigenvalue weighted by molar-refractivity contribution is 5.36. The van der Waals surface area contributed by atoms with Gasteiger partial charge in [0.15, 0.2) is 0 Å². The third-order valence-electron chi connectivity index (χ3n) is 3.47. The highest BCUT2D eigenvalue weighted by Crippen LogP contribution is 2.32. The first kappa shape index (κ1) is 14.2. The Labute approximate surface area is 112 Å². The second-order valence-electron chi connectivity index (χ2n) is 4.63. The quantitative estimate of drug-likeness (QED) is 0.890. The second kappa shape index (κ2) is 6.82. The molecule has 3 nitrogen and oxygen atoms in total. The molecule has 0 aromatic heterocycles. The molecule has 2 rings (SSSR count). The zero-order valence-corrected chi connectivity index (χ0v) is 11.1. The molecule has 1 aliphatic rings. The molecule has 0 radical (unpaired) electrons. The number of piperazine rings is 1. The number of ether oxygens (including phenoxy) is 1. The number of halogens is 2. The molecule has 1 aromatic rings. The van der Waals surface area contributed by atoms with Crippen molar-refractivity contribution in [3.8, 4) is 5.75 Å². The summed E-state index contributed by atoms with van der Waals surface area (Å²) in [5.74, 6) is 0.294.